The maximum Gasteiger partial charge on any atom is 0.340 e. The van der Waals surface area contributed by atoms with E-state index in [9.17, 15) is 9.59 Å². The molecule has 0 spiro atoms. The van der Waals surface area contributed by atoms with Crippen LogP contribution in [0.5, 0.6) is 5.75 Å². The number of rotatable bonds is 5. The van der Waals surface area contributed by atoms with Crippen LogP contribution in [0.3, 0.4) is 0 Å². The number of fused-ring (bicyclic) bond motifs is 1. The van der Waals surface area contributed by atoms with Gasteiger partial charge in [-0.25, -0.2) is 4.79 Å². The molecule has 2 N–H and O–H groups in total. The van der Waals surface area contributed by atoms with E-state index in [0.29, 0.717) is 27.3 Å². The van der Waals surface area contributed by atoms with Crippen LogP contribution in [-0.2, 0) is 11.2 Å². The van der Waals surface area contributed by atoms with Crippen molar-refractivity contribution in [1.29, 1.82) is 5.41 Å². The fourth-order valence-electron chi connectivity index (χ4n) is 2.60. The van der Waals surface area contributed by atoms with Crippen molar-refractivity contribution >= 4 is 39.2 Å². The van der Waals surface area contributed by atoms with Crippen LogP contribution >= 0.6 is 11.3 Å². The lowest BCUT2D eigenvalue weighted by Gasteiger charge is -2.08. The highest BCUT2D eigenvalue weighted by Crippen LogP contribution is 2.30. The average molecular weight is 386 g/mol. The van der Waals surface area contributed by atoms with Crippen LogP contribution < -0.4 is 15.6 Å². The molecular formula is C19H18N2O5S. The molecule has 0 saturated carbocycles. The van der Waals surface area contributed by atoms with Crippen LogP contribution in [0, 0.1) is 5.41 Å². The van der Waals surface area contributed by atoms with E-state index >= 15 is 0 Å². The molecule has 27 heavy (non-hydrogen) atoms. The first-order valence-corrected chi connectivity index (χ1v) is 8.98. The topological polar surface area (TPSA) is 102 Å². The van der Waals surface area contributed by atoms with Crippen molar-refractivity contribution in [3.05, 3.63) is 51.9 Å². The molecule has 3 aromatic rings. The van der Waals surface area contributed by atoms with E-state index in [0.717, 1.165) is 11.3 Å². The number of hydrogen-bond acceptors (Lipinski definition) is 7. The van der Waals surface area contributed by atoms with Crippen LogP contribution in [-0.4, -0.2) is 26.1 Å². The number of nitrogens with one attached hydrogen (secondary N) is 2. The van der Waals surface area contributed by atoms with Crippen molar-refractivity contribution in [2.45, 2.75) is 13.3 Å². The first kappa shape index (κ1) is 18.7. The lowest BCUT2D eigenvalue weighted by atomic mass is 10.1. The highest BCUT2D eigenvalue weighted by molar-refractivity contribution is 7.16. The van der Waals surface area contributed by atoms with Gasteiger partial charge >= 0.3 is 5.97 Å². The number of anilines is 1. The average Bonchev–Trinajstić information content (AvgIpc) is 3.09. The van der Waals surface area contributed by atoms with Gasteiger partial charge in [0.15, 0.2) is 11.3 Å². The molecule has 8 heteroatoms. The number of benzene rings is 1. The molecule has 7 nitrogen and oxygen atoms in total. The Kier molecular flexibility index (Phi) is 5.27. The molecule has 2 heterocycles. The summed E-state index contributed by atoms with van der Waals surface area (Å²) in [5.74, 6) is -0.588. The Balaban J connectivity index is 2.00. The lowest BCUT2D eigenvalue weighted by Crippen LogP contribution is -2.21. The minimum Gasteiger partial charge on any atom is -0.493 e. The van der Waals surface area contributed by atoms with Gasteiger partial charge in [0.2, 0.25) is 5.55 Å². The van der Waals surface area contributed by atoms with E-state index in [1.165, 1.54) is 25.6 Å². The van der Waals surface area contributed by atoms with Gasteiger partial charge in [0, 0.05) is 10.3 Å². The van der Waals surface area contributed by atoms with E-state index in [1.54, 1.807) is 30.3 Å². The quantitative estimate of drug-likeness (QED) is 0.653. The smallest absolute Gasteiger partial charge is 0.340 e. The molecule has 3 rings (SSSR count). The molecule has 140 valence electrons. The monoisotopic (exact) mass is 386 g/mol. The number of methoxy groups -OCH3 is 2. The predicted molar refractivity (Wildman–Crippen MR) is 102 cm³/mol. The zero-order valence-electron chi connectivity index (χ0n) is 15.0. The van der Waals surface area contributed by atoms with Gasteiger partial charge in [-0.3, -0.25) is 10.2 Å². The highest BCUT2D eigenvalue weighted by atomic mass is 32.1. The van der Waals surface area contributed by atoms with E-state index in [1.807, 2.05) is 6.92 Å². The largest absolute Gasteiger partial charge is 0.493 e. The van der Waals surface area contributed by atoms with E-state index in [4.69, 9.17) is 19.3 Å². The van der Waals surface area contributed by atoms with Crippen LogP contribution in [0.4, 0.5) is 5.00 Å². The molecule has 0 aliphatic rings. The Bertz CT molecular complexity index is 1080. The minimum atomic E-state index is -0.539. The summed E-state index contributed by atoms with van der Waals surface area (Å²) in [6, 6.07) is 8.50. The Morgan fingerprint density at radius 2 is 2.00 bits per heavy atom. The molecule has 1 amide bonds. The summed E-state index contributed by atoms with van der Waals surface area (Å²) in [5, 5.41) is 11.8. The number of carbonyl (C=O) groups excluding carboxylic acids is 2. The summed E-state index contributed by atoms with van der Waals surface area (Å²) >= 11 is 1.30. The number of hydrogen-bond donors (Lipinski definition) is 2. The van der Waals surface area contributed by atoms with Crippen molar-refractivity contribution in [2.75, 3.05) is 19.5 Å². The second-order valence-corrected chi connectivity index (χ2v) is 6.76. The normalized spacial score (nSPS) is 10.6. The van der Waals surface area contributed by atoms with Gasteiger partial charge in [0.1, 0.15) is 10.6 Å². The van der Waals surface area contributed by atoms with Gasteiger partial charge in [-0.1, -0.05) is 19.1 Å². The zero-order valence-corrected chi connectivity index (χ0v) is 15.9. The zero-order chi connectivity index (χ0) is 19.6. The molecule has 0 atom stereocenters. The summed E-state index contributed by atoms with van der Waals surface area (Å²) in [5.41, 5.74) is 0.439. The van der Waals surface area contributed by atoms with E-state index in [-0.39, 0.29) is 11.1 Å². The molecule has 1 aromatic carbocycles. The maximum absolute atomic E-state index is 12.7. The third kappa shape index (κ3) is 3.56. The summed E-state index contributed by atoms with van der Waals surface area (Å²) in [4.78, 5) is 25.6. The summed E-state index contributed by atoms with van der Waals surface area (Å²) in [6.07, 6.45) is 0.722. The molecule has 0 bridgehead atoms. The molecular weight excluding hydrogens is 368 g/mol. The molecule has 2 aromatic heterocycles. The minimum absolute atomic E-state index is 0.0537. The third-order valence-corrected chi connectivity index (χ3v) is 5.18. The van der Waals surface area contributed by atoms with Crippen molar-refractivity contribution in [3.63, 3.8) is 0 Å². The number of aryl methyl sites for hydroxylation is 1. The first-order chi connectivity index (χ1) is 13.0. The first-order valence-electron chi connectivity index (χ1n) is 8.16. The van der Waals surface area contributed by atoms with Crippen LogP contribution in [0.15, 0.2) is 34.7 Å². The third-order valence-electron chi connectivity index (χ3n) is 3.99. The molecule has 0 unspecified atom stereocenters. The predicted octanol–water partition coefficient (Wildman–Crippen LogP) is 3.58. The number of carbonyl (C=O) groups is 2. The second-order valence-electron chi connectivity index (χ2n) is 5.62. The second kappa shape index (κ2) is 7.63. The van der Waals surface area contributed by atoms with Gasteiger partial charge in [-0.05, 0) is 24.6 Å². The van der Waals surface area contributed by atoms with Gasteiger partial charge < -0.3 is 19.2 Å². The summed E-state index contributed by atoms with van der Waals surface area (Å²) in [7, 11) is 2.79. The molecule has 0 radical (unpaired) electrons. The maximum atomic E-state index is 12.7. The Morgan fingerprint density at radius 3 is 2.67 bits per heavy atom. The molecule has 0 aliphatic heterocycles. The highest BCUT2D eigenvalue weighted by Gasteiger charge is 2.20. The SMILES string of the molecule is CCc1cc(C(=O)OC)c(NC(=O)c2cc3cccc(OC)c3oc2=N)s1. The fourth-order valence-corrected chi connectivity index (χ4v) is 3.58. The van der Waals surface area contributed by atoms with Gasteiger partial charge in [-0.2, -0.15) is 0 Å². The number of thiophene rings is 1. The van der Waals surface area contributed by atoms with Crippen LogP contribution in [0.25, 0.3) is 11.0 Å². The van der Waals surface area contributed by atoms with E-state index in [2.05, 4.69) is 5.32 Å². The Labute approximate surface area is 159 Å². The Hall–Kier alpha value is -3.13. The number of para-hydroxylation sites is 1. The van der Waals surface area contributed by atoms with Gasteiger partial charge in [0.05, 0.1) is 19.8 Å². The van der Waals surface area contributed by atoms with Crippen molar-refractivity contribution in [2.24, 2.45) is 0 Å². The molecule has 0 saturated heterocycles. The number of esters is 1. The van der Waals surface area contributed by atoms with Crippen LogP contribution in [0.2, 0.25) is 0 Å². The molecule has 0 aliphatic carbocycles. The number of ether oxygens (including phenoxy) is 2. The van der Waals surface area contributed by atoms with Crippen molar-refractivity contribution in [1.82, 2.24) is 0 Å². The summed E-state index contributed by atoms with van der Waals surface area (Å²) in [6.45, 7) is 1.95. The standard InChI is InChI=1S/C19H18N2O5S/c1-4-11-9-13(19(23)25-3)18(27-11)21-17(22)12-8-10-6-5-7-14(24-2)15(10)26-16(12)20/h5-9,20H,4H2,1-3H3,(H,21,22). The van der Waals surface area contributed by atoms with Gasteiger partial charge in [-0.15, -0.1) is 11.3 Å². The summed E-state index contributed by atoms with van der Waals surface area (Å²) < 4.78 is 15.5. The number of amides is 1. The van der Waals surface area contributed by atoms with Crippen molar-refractivity contribution < 1.29 is 23.5 Å². The van der Waals surface area contributed by atoms with E-state index < -0.39 is 11.9 Å². The Morgan fingerprint density at radius 1 is 1.22 bits per heavy atom. The van der Waals surface area contributed by atoms with Gasteiger partial charge in [0.25, 0.3) is 5.91 Å². The molecule has 0 fully saturated rings. The lowest BCUT2D eigenvalue weighted by molar-refractivity contribution is 0.0602. The van der Waals surface area contributed by atoms with Crippen molar-refractivity contribution in [3.8, 4) is 5.75 Å². The van der Waals surface area contributed by atoms with Crippen LogP contribution in [0.1, 0.15) is 32.5 Å². The fraction of sp³-hybridized carbons (Fsp3) is 0.211.